The highest BCUT2D eigenvalue weighted by atomic mass is 32.2. The van der Waals surface area contributed by atoms with Gasteiger partial charge in [-0.1, -0.05) is 13.0 Å². The van der Waals surface area contributed by atoms with Crippen molar-refractivity contribution in [3.63, 3.8) is 0 Å². The molecule has 5 nitrogen and oxygen atoms in total. The van der Waals surface area contributed by atoms with Gasteiger partial charge in [-0.2, -0.15) is 0 Å². The number of nitrogens with zero attached hydrogens (tertiary/aromatic N) is 5. The van der Waals surface area contributed by atoms with Crippen LogP contribution in [0.1, 0.15) is 42.2 Å². The maximum atomic E-state index is 14.4. The molecule has 3 aromatic heterocycles. The van der Waals surface area contributed by atoms with Gasteiger partial charge in [-0.3, -0.25) is 0 Å². The molecule has 3 aromatic rings. The zero-order valence-electron chi connectivity index (χ0n) is 13.1. The second-order valence-electron chi connectivity index (χ2n) is 5.65. The smallest absolute Gasteiger partial charge is 0.197 e. The Hall–Kier alpha value is -1.80. The van der Waals surface area contributed by atoms with Gasteiger partial charge in [-0.15, -0.1) is 21.5 Å². The molecule has 0 bridgehead atoms. The van der Waals surface area contributed by atoms with E-state index in [9.17, 15) is 4.39 Å². The van der Waals surface area contributed by atoms with Gasteiger partial charge in [0.2, 0.25) is 0 Å². The van der Waals surface area contributed by atoms with Crippen LogP contribution in [0.4, 0.5) is 4.39 Å². The van der Waals surface area contributed by atoms with E-state index in [1.807, 2.05) is 13.0 Å². The van der Waals surface area contributed by atoms with E-state index in [2.05, 4.69) is 36.2 Å². The van der Waals surface area contributed by atoms with E-state index >= 15 is 0 Å². The summed E-state index contributed by atoms with van der Waals surface area (Å²) in [6, 6.07) is 4.56. The molecule has 1 saturated carbocycles. The van der Waals surface area contributed by atoms with E-state index in [-0.39, 0.29) is 5.82 Å². The molecular formula is C16H16FN5S2. The van der Waals surface area contributed by atoms with E-state index in [1.165, 1.54) is 23.0 Å². The zero-order valence-corrected chi connectivity index (χ0v) is 14.8. The Morgan fingerprint density at radius 3 is 2.92 bits per heavy atom. The van der Waals surface area contributed by atoms with Crippen LogP contribution in [0.3, 0.4) is 0 Å². The number of halogens is 1. The molecule has 0 radical (unpaired) electrons. The van der Waals surface area contributed by atoms with Gasteiger partial charge in [-0.05, 0) is 42.5 Å². The molecule has 0 unspecified atom stereocenters. The van der Waals surface area contributed by atoms with Crippen LogP contribution < -0.4 is 0 Å². The molecule has 0 N–H and O–H groups in total. The van der Waals surface area contributed by atoms with Crippen molar-refractivity contribution in [3.8, 4) is 0 Å². The molecule has 1 fully saturated rings. The summed E-state index contributed by atoms with van der Waals surface area (Å²) in [5.41, 5.74) is 0.434. The molecule has 4 rings (SSSR count). The van der Waals surface area contributed by atoms with Gasteiger partial charge in [-0.25, -0.2) is 14.4 Å². The molecule has 0 aromatic carbocycles. The quantitative estimate of drug-likeness (QED) is 0.623. The maximum absolute atomic E-state index is 14.4. The lowest BCUT2D eigenvalue weighted by Gasteiger charge is -2.08. The summed E-state index contributed by atoms with van der Waals surface area (Å²) in [5, 5.41) is 11.7. The Kier molecular flexibility index (Phi) is 4.32. The summed E-state index contributed by atoms with van der Waals surface area (Å²) in [5.74, 6) is 0.586. The van der Waals surface area contributed by atoms with Crippen LogP contribution in [0, 0.1) is 5.82 Å². The third-order valence-corrected chi connectivity index (χ3v) is 5.73. The van der Waals surface area contributed by atoms with Crippen molar-refractivity contribution in [3.05, 3.63) is 46.1 Å². The third kappa shape index (κ3) is 3.08. The van der Waals surface area contributed by atoms with Crippen LogP contribution in [-0.2, 0) is 12.8 Å². The molecule has 0 spiro atoms. The van der Waals surface area contributed by atoms with Crippen molar-refractivity contribution >= 4 is 23.1 Å². The zero-order chi connectivity index (χ0) is 16.5. The van der Waals surface area contributed by atoms with Crippen LogP contribution in [0.25, 0.3) is 0 Å². The van der Waals surface area contributed by atoms with Gasteiger partial charge in [0.05, 0.1) is 5.69 Å². The van der Waals surface area contributed by atoms with E-state index in [0.717, 1.165) is 25.1 Å². The number of hydrogen-bond acceptors (Lipinski definition) is 6. The van der Waals surface area contributed by atoms with E-state index in [1.54, 1.807) is 11.3 Å². The lowest BCUT2D eigenvalue weighted by molar-refractivity contribution is 0.557. The Morgan fingerprint density at radius 2 is 2.21 bits per heavy atom. The topological polar surface area (TPSA) is 56.5 Å². The van der Waals surface area contributed by atoms with Crippen molar-refractivity contribution in [1.29, 1.82) is 0 Å². The van der Waals surface area contributed by atoms with Gasteiger partial charge in [0.15, 0.2) is 11.0 Å². The minimum Gasteiger partial charge on any atom is -0.302 e. The molecule has 0 saturated heterocycles. The Bertz CT molecular complexity index is 842. The maximum Gasteiger partial charge on any atom is 0.197 e. The largest absolute Gasteiger partial charge is 0.302 e. The summed E-state index contributed by atoms with van der Waals surface area (Å²) in [6.45, 7) is 1.88. The van der Waals surface area contributed by atoms with Crippen LogP contribution >= 0.6 is 23.1 Å². The second-order valence-corrected chi connectivity index (χ2v) is 7.64. The Balaban J connectivity index is 1.65. The number of hydrogen-bond donors (Lipinski definition) is 0. The molecule has 1 aliphatic rings. The molecule has 24 heavy (non-hydrogen) atoms. The highest BCUT2D eigenvalue weighted by molar-refractivity contribution is 7.99. The normalized spacial score (nSPS) is 14.2. The Morgan fingerprint density at radius 1 is 1.33 bits per heavy atom. The lowest BCUT2D eigenvalue weighted by atomic mass is 10.3. The average molecular weight is 361 g/mol. The predicted molar refractivity (Wildman–Crippen MR) is 90.9 cm³/mol. The lowest BCUT2D eigenvalue weighted by Crippen LogP contribution is -2.04. The number of rotatable bonds is 6. The summed E-state index contributed by atoms with van der Waals surface area (Å²) >= 11 is 2.95. The summed E-state index contributed by atoms with van der Waals surface area (Å²) in [6.07, 6.45) is 4.95. The third-order valence-electron chi connectivity index (χ3n) is 3.91. The van der Waals surface area contributed by atoms with E-state index in [0.29, 0.717) is 28.3 Å². The molecule has 0 atom stereocenters. The van der Waals surface area contributed by atoms with Crippen LogP contribution in [0.2, 0.25) is 0 Å². The SMILES string of the molecule is CCc1ncnc(Sc2nnc(Cc3cccs3)n2C2CC2)c1F. The fraction of sp³-hybridized carbons (Fsp3) is 0.375. The van der Waals surface area contributed by atoms with Gasteiger partial charge in [0, 0.05) is 17.3 Å². The summed E-state index contributed by atoms with van der Waals surface area (Å²) in [7, 11) is 0. The standard InChI is InChI=1S/C16H16FN5S2/c1-2-12-14(17)15(19-9-18-12)24-16-21-20-13(22(16)10-5-6-10)8-11-4-3-7-23-11/h3-4,7,9-10H,2,5-6,8H2,1H3. The van der Waals surface area contributed by atoms with Crippen molar-refractivity contribution in [2.45, 2.75) is 48.8 Å². The van der Waals surface area contributed by atoms with Crippen LogP contribution in [0.5, 0.6) is 0 Å². The van der Waals surface area contributed by atoms with Crippen LogP contribution in [-0.4, -0.2) is 24.7 Å². The first-order chi connectivity index (χ1) is 11.8. The number of thiophene rings is 1. The molecule has 3 heterocycles. The second kappa shape index (κ2) is 6.60. The van der Waals surface area contributed by atoms with Gasteiger partial charge in [0.25, 0.3) is 0 Å². The average Bonchev–Trinajstić information content (AvgIpc) is 3.14. The highest BCUT2D eigenvalue weighted by Crippen LogP contribution is 2.40. The summed E-state index contributed by atoms with van der Waals surface area (Å²) in [4.78, 5) is 9.32. The minimum absolute atomic E-state index is 0.318. The first-order valence-corrected chi connectivity index (χ1v) is 9.59. The van der Waals surface area contributed by atoms with E-state index in [4.69, 9.17) is 0 Å². The van der Waals surface area contributed by atoms with Crippen molar-refractivity contribution < 1.29 is 4.39 Å². The Labute approximate surface area is 147 Å². The van der Waals surface area contributed by atoms with Crippen molar-refractivity contribution in [2.24, 2.45) is 0 Å². The molecule has 0 aliphatic heterocycles. The molecule has 124 valence electrons. The van der Waals surface area contributed by atoms with Gasteiger partial charge >= 0.3 is 0 Å². The first kappa shape index (κ1) is 15.7. The fourth-order valence-corrected chi connectivity index (χ4v) is 4.17. The van der Waals surface area contributed by atoms with Crippen molar-refractivity contribution in [1.82, 2.24) is 24.7 Å². The monoisotopic (exact) mass is 361 g/mol. The van der Waals surface area contributed by atoms with Gasteiger partial charge in [0.1, 0.15) is 17.2 Å². The molecule has 0 amide bonds. The predicted octanol–water partition coefficient (Wildman–Crippen LogP) is 3.91. The first-order valence-electron chi connectivity index (χ1n) is 7.89. The highest BCUT2D eigenvalue weighted by Gasteiger charge is 2.30. The van der Waals surface area contributed by atoms with Gasteiger partial charge < -0.3 is 4.57 Å². The van der Waals surface area contributed by atoms with Crippen molar-refractivity contribution in [2.75, 3.05) is 0 Å². The molecular weight excluding hydrogens is 345 g/mol. The minimum atomic E-state index is -0.352. The fourth-order valence-electron chi connectivity index (χ4n) is 2.56. The van der Waals surface area contributed by atoms with Crippen LogP contribution in [0.15, 0.2) is 34.0 Å². The molecule has 1 aliphatic carbocycles. The number of aromatic nitrogens is 5. The summed E-state index contributed by atoms with van der Waals surface area (Å²) < 4.78 is 16.6. The van der Waals surface area contributed by atoms with E-state index < -0.39 is 0 Å². The molecule has 8 heteroatoms. The number of aryl methyl sites for hydroxylation is 1.